The van der Waals surface area contributed by atoms with Gasteiger partial charge in [-0.1, -0.05) is 36.4 Å². The molecule has 0 bridgehead atoms. The fraction of sp³-hybridized carbons (Fsp3) is 0.211. The monoisotopic (exact) mass is 345 g/mol. The predicted molar refractivity (Wildman–Crippen MR) is 96.0 cm³/mol. The van der Waals surface area contributed by atoms with Gasteiger partial charge in [-0.05, 0) is 42.8 Å². The molecule has 1 N–H and O–H groups in total. The standard InChI is InChI=1S/C19H20ClNO3/c1-4-11-24-17-10-7-15(12-18(17)23-3)19(22)21-13(2)14-5-8-16(20)9-6-14/h4-10,12-13H,1,11H2,2-3H3,(H,21,22). The molecule has 0 saturated carbocycles. The number of hydrogen-bond donors (Lipinski definition) is 1. The van der Waals surface area contributed by atoms with Crippen LogP contribution < -0.4 is 14.8 Å². The van der Waals surface area contributed by atoms with Crippen LogP contribution in [0.2, 0.25) is 5.02 Å². The molecule has 0 aliphatic rings. The number of amides is 1. The predicted octanol–water partition coefficient (Wildman–Crippen LogP) is 4.40. The average molecular weight is 346 g/mol. The van der Waals surface area contributed by atoms with Gasteiger partial charge in [0.1, 0.15) is 6.61 Å². The van der Waals surface area contributed by atoms with Crippen molar-refractivity contribution in [2.75, 3.05) is 13.7 Å². The van der Waals surface area contributed by atoms with E-state index in [0.29, 0.717) is 28.7 Å². The lowest BCUT2D eigenvalue weighted by Crippen LogP contribution is -2.26. The van der Waals surface area contributed by atoms with Gasteiger partial charge in [-0.2, -0.15) is 0 Å². The van der Waals surface area contributed by atoms with Crippen LogP contribution in [0.3, 0.4) is 0 Å². The van der Waals surface area contributed by atoms with Crippen molar-refractivity contribution in [3.8, 4) is 11.5 Å². The van der Waals surface area contributed by atoms with Gasteiger partial charge < -0.3 is 14.8 Å². The highest BCUT2D eigenvalue weighted by molar-refractivity contribution is 6.30. The van der Waals surface area contributed by atoms with Gasteiger partial charge in [-0.3, -0.25) is 4.79 Å². The Hall–Kier alpha value is -2.46. The van der Waals surface area contributed by atoms with E-state index in [4.69, 9.17) is 21.1 Å². The lowest BCUT2D eigenvalue weighted by atomic mass is 10.1. The van der Waals surface area contributed by atoms with E-state index < -0.39 is 0 Å². The van der Waals surface area contributed by atoms with Gasteiger partial charge in [-0.25, -0.2) is 0 Å². The molecule has 2 rings (SSSR count). The molecule has 0 spiro atoms. The maximum Gasteiger partial charge on any atom is 0.251 e. The highest BCUT2D eigenvalue weighted by Crippen LogP contribution is 2.28. The lowest BCUT2D eigenvalue weighted by molar-refractivity contribution is 0.0939. The summed E-state index contributed by atoms with van der Waals surface area (Å²) in [4.78, 5) is 12.4. The third-order valence-corrected chi connectivity index (χ3v) is 3.75. The lowest BCUT2D eigenvalue weighted by Gasteiger charge is -2.16. The van der Waals surface area contributed by atoms with Crippen LogP contribution >= 0.6 is 11.6 Å². The van der Waals surface area contributed by atoms with Crippen LogP contribution in [-0.4, -0.2) is 19.6 Å². The molecule has 5 heteroatoms. The summed E-state index contributed by atoms with van der Waals surface area (Å²) < 4.78 is 10.8. The van der Waals surface area contributed by atoms with Gasteiger partial charge in [0, 0.05) is 10.6 Å². The van der Waals surface area contributed by atoms with Crippen molar-refractivity contribution in [2.45, 2.75) is 13.0 Å². The number of carbonyl (C=O) groups excluding carboxylic acids is 1. The summed E-state index contributed by atoms with van der Waals surface area (Å²) >= 11 is 5.88. The van der Waals surface area contributed by atoms with Crippen molar-refractivity contribution >= 4 is 17.5 Å². The molecule has 1 atom stereocenters. The first-order valence-electron chi connectivity index (χ1n) is 7.53. The first-order valence-corrected chi connectivity index (χ1v) is 7.91. The third-order valence-electron chi connectivity index (χ3n) is 3.50. The van der Waals surface area contributed by atoms with E-state index in [1.807, 2.05) is 19.1 Å². The van der Waals surface area contributed by atoms with Crippen LogP contribution in [-0.2, 0) is 0 Å². The van der Waals surface area contributed by atoms with E-state index in [2.05, 4.69) is 11.9 Å². The number of methoxy groups -OCH3 is 1. The summed E-state index contributed by atoms with van der Waals surface area (Å²) in [6, 6.07) is 12.3. The van der Waals surface area contributed by atoms with Gasteiger partial charge in [0.05, 0.1) is 13.2 Å². The van der Waals surface area contributed by atoms with Gasteiger partial charge in [0.2, 0.25) is 0 Å². The molecule has 0 radical (unpaired) electrons. The first-order chi connectivity index (χ1) is 11.5. The zero-order valence-corrected chi connectivity index (χ0v) is 14.5. The third kappa shape index (κ3) is 4.52. The fourth-order valence-corrected chi connectivity index (χ4v) is 2.32. The van der Waals surface area contributed by atoms with Crippen LogP contribution in [0, 0.1) is 0 Å². The summed E-state index contributed by atoms with van der Waals surface area (Å²) in [6.07, 6.45) is 1.65. The smallest absolute Gasteiger partial charge is 0.251 e. The van der Waals surface area contributed by atoms with Gasteiger partial charge in [0.15, 0.2) is 11.5 Å². The molecular formula is C19H20ClNO3. The first kappa shape index (κ1) is 17.9. The minimum Gasteiger partial charge on any atom is -0.493 e. The Morgan fingerprint density at radius 2 is 1.96 bits per heavy atom. The van der Waals surface area contributed by atoms with Gasteiger partial charge in [-0.15, -0.1) is 0 Å². The van der Waals surface area contributed by atoms with Crippen molar-refractivity contribution < 1.29 is 14.3 Å². The molecule has 4 nitrogen and oxygen atoms in total. The van der Waals surface area contributed by atoms with Crippen molar-refractivity contribution in [3.05, 3.63) is 71.3 Å². The number of halogens is 1. The molecule has 2 aromatic carbocycles. The maximum atomic E-state index is 12.4. The van der Waals surface area contributed by atoms with Crippen LogP contribution in [0.5, 0.6) is 11.5 Å². The molecule has 0 fully saturated rings. The van der Waals surface area contributed by atoms with E-state index in [0.717, 1.165) is 5.56 Å². The molecular weight excluding hydrogens is 326 g/mol. The SMILES string of the molecule is C=CCOc1ccc(C(=O)NC(C)c2ccc(Cl)cc2)cc1OC. The topological polar surface area (TPSA) is 47.6 Å². The van der Waals surface area contributed by atoms with Crippen molar-refractivity contribution in [2.24, 2.45) is 0 Å². The zero-order chi connectivity index (χ0) is 17.5. The number of carbonyl (C=O) groups is 1. The molecule has 0 heterocycles. The molecule has 126 valence electrons. The normalized spacial score (nSPS) is 11.5. The molecule has 0 saturated heterocycles. The van der Waals surface area contributed by atoms with Crippen LogP contribution in [0.1, 0.15) is 28.9 Å². The van der Waals surface area contributed by atoms with Crippen molar-refractivity contribution in [3.63, 3.8) is 0 Å². The van der Waals surface area contributed by atoms with E-state index >= 15 is 0 Å². The number of benzene rings is 2. The Kier molecular flexibility index (Phi) is 6.27. The molecule has 1 unspecified atom stereocenters. The number of nitrogens with one attached hydrogen (secondary N) is 1. The van der Waals surface area contributed by atoms with Crippen LogP contribution in [0.4, 0.5) is 0 Å². The van der Waals surface area contributed by atoms with Crippen LogP contribution in [0.15, 0.2) is 55.1 Å². The minimum atomic E-state index is -0.189. The number of hydrogen-bond acceptors (Lipinski definition) is 3. The van der Waals surface area contributed by atoms with E-state index in [1.165, 1.54) is 7.11 Å². The average Bonchev–Trinajstić information content (AvgIpc) is 2.60. The highest BCUT2D eigenvalue weighted by atomic mass is 35.5. The Morgan fingerprint density at radius 1 is 1.25 bits per heavy atom. The summed E-state index contributed by atoms with van der Waals surface area (Å²) in [7, 11) is 1.54. The molecule has 0 aliphatic carbocycles. The van der Waals surface area contributed by atoms with Crippen molar-refractivity contribution in [1.29, 1.82) is 0 Å². The molecule has 24 heavy (non-hydrogen) atoms. The Balaban J connectivity index is 2.11. The Bertz CT molecular complexity index is 713. The van der Waals surface area contributed by atoms with Gasteiger partial charge in [0.25, 0.3) is 5.91 Å². The zero-order valence-electron chi connectivity index (χ0n) is 13.7. The molecule has 1 amide bonds. The minimum absolute atomic E-state index is 0.141. The Morgan fingerprint density at radius 3 is 2.58 bits per heavy atom. The van der Waals surface area contributed by atoms with E-state index in [-0.39, 0.29) is 11.9 Å². The fourth-order valence-electron chi connectivity index (χ4n) is 2.19. The maximum absolute atomic E-state index is 12.4. The second-order valence-corrected chi connectivity index (χ2v) is 5.65. The second kappa shape index (κ2) is 8.41. The number of rotatable bonds is 7. The Labute approximate surface area is 147 Å². The van der Waals surface area contributed by atoms with Crippen LogP contribution in [0.25, 0.3) is 0 Å². The summed E-state index contributed by atoms with van der Waals surface area (Å²) in [5, 5.41) is 3.62. The van der Waals surface area contributed by atoms with E-state index in [1.54, 1.807) is 36.4 Å². The van der Waals surface area contributed by atoms with E-state index in [9.17, 15) is 4.79 Å². The largest absolute Gasteiger partial charge is 0.493 e. The quantitative estimate of drug-likeness (QED) is 0.756. The highest BCUT2D eigenvalue weighted by Gasteiger charge is 2.14. The second-order valence-electron chi connectivity index (χ2n) is 5.21. The molecule has 0 aliphatic heterocycles. The molecule has 2 aromatic rings. The summed E-state index contributed by atoms with van der Waals surface area (Å²) in [5.41, 5.74) is 1.48. The summed E-state index contributed by atoms with van der Waals surface area (Å²) in [6.45, 7) is 5.89. The van der Waals surface area contributed by atoms with Gasteiger partial charge >= 0.3 is 0 Å². The summed E-state index contributed by atoms with van der Waals surface area (Å²) in [5.74, 6) is 0.884. The van der Waals surface area contributed by atoms with Crippen molar-refractivity contribution in [1.82, 2.24) is 5.32 Å². The number of ether oxygens (including phenoxy) is 2. The molecule has 0 aromatic heterocycles.